The molecule has 0 amide bonds. The van der Waals surface area contributed by atoms with E-state index in [1.165, 1.54) is 12.0 Å². The average molecular weight is 292 g/mol. The van der Waals surface area contributed by atoms with Crippen LogP contribution in [0.25, 0.3) is 0 Å². The minimum absolute atomic E-state index is 0.00671. The van der Waals surface area contributed by atoms with Crippen LogP contribution in [0.2, 0.25) is 0 Å². The molecule has 3 heteroatoms. The highest BCUT2D eigenvalue weighted by atomic mass is 16.5. The molecule has 2 unspecified atom stereocenters. The first kappa shape index (κ1) is 18.0. The average Bonchev–Trinajstić information content (AvgIpc) is 2.52. The minimum atomic E-state index is 0.00671. The highest BCUT2D eigenvalue weighted by Gasteiger charge is 2.30. The summed E-state index contributed by atoms with van der Waals surface area (Å²) in [5.41, 5.74) is 7.46. The summed E-state index contributed by atoms with van der Waals surface area (Å²) in [5, 5.41) is 0. The Morgan fingerprint density at radius 1 is 1.24 bits per heavy atom. The molecule has 0 bridgehead atoms. The number of hydrogen-bond acceptors (Lipinski definition) is 3. The van der Waals surface area contributed by atoms with E-state index in [9.17, 15) is 0 Å². The zero-order valence-corrected chi connectivity index (χ0v) is 14.4. The van der Waals surface area contributed by atoms with E-state index in [-0.39, 0.29) is 5.54 Å². The van der Waals surface area contributed by atoms with Crippen molar-refractivity contribution < 1.29 is 4.74 Å². The monoisotopic (exact) mass is 292 g/mol. The molecule has 120 valence electrons. The fourth-order valence-electron chi connectivity index (χ4n) is 2.73. The van der Waals surface area contributed by atoms with Gasteiger partial charge in [-0.2, -0.15) is 0 Å². The van der Waals surface area contributed by atoms with Crippen LogP contribution in [0.1, 0.15) is 39.7 Å². The zero-order chi connectivity index (χ0) is 15.9. The van der Waals surface area contributed by atoms with Gasteiger partial charge in [0, 0.05) is 18.6 Å². The van der Waals surface area contributed by atoms with Crippen molar-refractivity contribution in [1.82, 2.24) is 4.90 Å². The van der Waals surface area contributed by atoms with Crippen LogP contribution in [0.3, 0.4) is 0 Å². The van der Waals surface area contributed by atoms with Gasteiger partial charge in [-0.15, -0.1) is 0 Å². The van der Waals surface area contributed by atoms with E-state index in [0.29, 0.717) is 12.5 Å². The Labute approximate surface area is 130 Å². The van der Waals surface area contributed by atoms with Crippen molar-refractivity contribution in [2.45, 2.75) is 46.1 Å². The second-order valence-electron chi connectivity index (χ2n) is 6.28. The standard InChI is InChI=1S/C18H32N2O/c1-6-15(3)13-20(7-2)18(4,14-19)12-16-8-10-17(21-5)11-9-16/h8-11,15H,6-7,12-14,19H2,1-5H3. The number of nitrogens with zero attached hydrogens (tertiary/aromatic N) is 1. The zero-order valence-electron chi connectivity index (χ0n) is 14.4. The van der Waals surface area contributed by atoms with Gasteiger partial charge in [-0.05, 0) is 43.5 Å². The second-order valence-corrected chi connectivity index (χ2v) is 6.28. The number of benzene rings is 1. The molecule has 3 nitrogen and oxygen atoms in total. The first-order valence-corrected chi connectivity index (χ1v) is 8.07. The Morgan fingerprint density at radius 3 is 2.29 bits per heavy atom. The Morgan fingerprint density at radius 2 is 1.86 bits per heavy atom. The molecule has 0 aliphatic rings. The van der Waals surface area contributed by atoms with Gasteiger partial charge in [0.1, 0.15) is 5.75 Å². The van der Waals surface area contributed by atoms with E-state index in [2.05, 4.69) is 44.7 Å². The van der Waals surface area contributed by atoms with Gasteiger partial charge >= 0.3 is 0 Å². The van der Waals surface area contributed by atoms with Crippen LogP contribution < -0.4 is 10.5 Å². The Bertz CT molecular complexity index is 404. The van der Waals surface area contributed by atoms with Crippen LogP contribution in [-0.4, -0.2) is 37.2 Å². The Hall–Kier alpha value is -1.06. The fraction of sp³-hybridized carbons (Fsp3) is 0.667. The van der Waals surface area contributed by atoms with Crippen molar-refractivity contribution in [3.63, 3.8) is 0 Å². The second kappa shape index (κ2) is 8.40. The number of hydrogen-bond donors (Lipinski definition) is 1. The third-order valence-corrected chi connectivity index (χ3v) is 4.56. The largest absolute Gasteiger partial charge is 0.497 e. The molecule has 0 saturated heterocycles. The third kappa shape index (κ3) is 5.01. The van der Waals surface area contributed by atoms with E-state index >= 15 is 0 Å². The molecule has 21 heavy (non-hydrogen) atoms. The SMILES string of the molecule is CCC(C)CN(CC)C(C)(CN)Cc1ccc(OC)cc1. The van der Waals surface area contributed by atoms with Crippen molar-refractivity contribution in [2.24, 2.45) is 11.7 Å². The van der Waals surface area contributed by atoms with Gasteiger partial charge in [0.25, 0.3) is 0 Å². The normalized spacial score (nSPS) is 15.8. The minimum Gasteiger partial charge on any atom is -0.497 e. The molecule has 0 aliphatic carbocycles. The summed E-state index contributed by atoms with van der Waals surface area (Å²) in [7, 11) is 1.70. The van der Waals surface area contributed by atoms with Crippen LogP contribution in [0.5, 0.6) is 5.75 Å². The summed E-state index contributed by atoms with van der Waals surface area (Å²) in [6.45, 7) is 11.9. The van der Waals surface area contributed by atoms with Crippen LogP contribution in [0.15, 0.2) is 24.3 Å². The molecule has 0 spiro atoms. The molecule has 0 saturated carbocycles. The lowest BCUT2D eigenvalue weighted by Crippen LogP contribution is -2.54. The molecule has 2 atom stereocenters. The number of rotatable bonds is 9. The maximum absolute atomic E-state index is 6.14. The smallest absolute Gasteiger partial charge is 0.118 e. The van der Waals surface area contributed by atoms with E-state index in [1.54, 1.807) is 7.11 Å². The van der Waals surface area contributed by atoms with Crippen molar-refractivity contribution >= 4 is 0 Å². The summed E-state index contributed by atoms with van der Waals surface area (Å²) >= 11 is 0. The van der Waals surface area contributed by atoms with Crippen LogP contribution in [0, 0.1) is 5.92 Å². The first-order chi connectivity index (χ1) is 9.98. The van der Waals surface area contributed by atoms with Gasteiger partial charge in [0.15, 0.2) is 0 Å². The number of likely N-dealkylation sites (N-methyl/N-ethyl adjacent to an activating group) is 1. The molecule has 0 aliphatic heterocycles. The fourth-order valence-corrected chi connectivity index (χ4v) is 2.73. The number of methoxy groups -OCH3 is 1. The van der Waals surface area contributed by atoms with Gasteiger partial charge in [-0.1, -0.05) is 39.3 Å². The van der Waals surface area contributed by atoms with Crippen LogP contribution >= 0.6 is 0 Å². The van der Waals surface area contributed by atoms with Crippen molar-refractivity contribution in [1.29, 1.82) is 0 Å². The van der Waals surface area contributed by atoms with Gasteiger partial charge in [-0.25, -0.2) is 0 Å². The molecule has 1 aromatic rings. The van der Waals surface area contributed by atoms with Crippen LogP contribution in [0.4, 0.5) is 0 Å². The number of ether oxygens (including phenoxy) is 1. The Balaban J connectivity index is 2.85. The summed E-state index contributed by atoms with van der Waals surface area (Å²) in [6.07, 6.45) is 2.18. The topological polar surface area (TPSA) is 38.5 Å². The van der Waals surface area contributed by atoms with Gasteiger partial charge in [-0.3, -0.25) is 4.90 Å². The van der Waals surface area contributed by atoms with Crippen molar-refractivity contribution in [3.8, 4) is 5.75 Å². The summed E-state index contributed by atoms with van der Waals surface area (Å²) in [5.74, 6) is 1.60. The molecule has 2 N–H and O–H groups in total. The quantitative estimate of drug-likeness (QED) is 0.759. The summed E-state index contributed by atoms with van der Waals surface area (Å²) in [4.78, 5) is 2.53. The van der Waals surface area contributed by atoms with Crippen LogP contribution in [-0.2, 0) is 6.42 Å². The molecule has 0 heterocycles. The predicted octanol–water partition coefficient (Wildman–Crippen LogP) is 3.32. The van der Waals surface area contributed by atoms with Gasteiger partial charge < -0.3 is 10.5 Å². The molecule has 0 fully saturated rings. The number of nitrogens with two attached hydrogens (primary N) is 1. The maximum atomic E-state index is 6.14. The maximum Gasteiger partial charge on any atom is 0.118 e. The molecule has 1 rings (SSSR count). The van der Waals surface area contributed by atoms with E-state index < -0.39 is 0 Å². The van der Waals surface area contributed by atoms with E-state index in [4.69, 9.17) is 10.5 Å². The lowest BCUT2D eigenvalue weighted by atomic mass is 9.89. The summed E-state index contributed by atoms with van der Waals surface area (Å²) < 4.78 is 5.23. The molecule has 1 aromatic carbocycles. The molecular formula is C18H32N2O. The van der Waals surface area contributed by atoms with Crippen molar-refractivity contribution in [2.75, 3.05) is 26.7 Å². The lowest BCUT2D eigenvalue weighted by molar-refractivity contribution is 0.0980. The van der Waals surface area contributed by atoms with Crippen molar-refractivity contribution in [3.05, 3.63) is 29.8 Å². The predicted molar refractivity (Wildman–Crippen MR) is 90.9 cm³/mol. The lowest BCUT2D eigenvalue weighted by Gasteiger charge is -2.41. The van der Waals surface area contributed by atoms with Gasteiger partial charge in [0.05, 0.1) is 7.11 Å². The molecular weight excluding hydrogens is 260 g/mol. The Kier molecular flexibility index (Phi) is 7.20. The highest BCUT2D eigenvalue weighted by molar-refractivity contribution is 5.28. The molecule has 0 aromatic heterocycles. The first-order valence-electron chi connectivity index (χ1n) is 8.07. The molecule has 0 radical (unpaired) electrons. The van der Waals surface area contributed by atoms with E-state index in [1.807, 2.05) is 12.1 Å². The third-order valence-electron chi connectivity index (χ3n) is 4.56. The van der Waals surface area contributed by atoms with Gasteiger partial charge in [0.2, 0.25) is 0 Å². The van der Waals surface area contributed by atoms with E-state index in [0.717, 1.165) is 25.3 Å². The summed E-state index contributed by atoms with van der Waals surface area (Å²) in [6, 6.07) is 8.34. The highest BCUT2D eigenvalue weighted by Crippen LogP contribution is 2.23.